The van der Waals surface area contributed by atoms with E-state index in [1.165, 1.54) is 0 Å². The van der Waals surface area contributed by atoms with Crippen molar-refractivity contribution in [1.82, 2.24) is 0 Å². The van der Waals surface area contributed by atoms with E-state index in [-0.39, 0.29) is 0 Å². The lowest BCUT2D eigenvalue weighted by molar-refractivity contribution is -0.0979. The summed E-state index contributed by atoms with van der Waals surface area (Å²) in [5, 5.41) is 9.11. The Labute approximate surface area is 68.2 Å². The highest BCUT2D eigenvalue weighted by Crippen LogP contribution is 2.05. The molecule has 1 N–H and O–H groups in total. The molecule has 0 radical (unpaired) electrons. The number of hydrogen-bond donors (Lipinski definition) is 1. The molecule has 0 amide bonds. The van der Waals surface area contributed by atoms with Crippen molar-refractivity contribution in [2.75, 3.05) is 6.61 Å². The second-order valence-corrected chi connectivity index (χ2v) is 2.41. The Kier molecular flexibility index (Phi) is 5.86. The highest BCUT2D eigenvalue weighted by molar-refractivity contribution is 4.93. The maximum absolute atomic E-state index is 9.11. The zero-order chi connectivity index (χ0) is 8.69. The molecule has 0 spiro atoms. The molecular formula is C9H16O2. The van der Waals surface area contributed by atoms with Crippen LogP contribution in [0.1, 0.15) is 26.7 Å². The molecule has 0 bridgehead atoms. The average Bonchev–Trinajstić information content (AvgIpc) is 2.01. The summed E-state index contributed by atoms with van der Waals surface area (Å²) in [6, 6.07) is 0. The minimum Gasteiger partial charge on any atom is -0.368 e. The molecule has 1 atom stereocenters. The van der Waals surface area contributed by atoms with E-state index >= 15 is 0 Å². The first kappa shape index (κ1) is 10.4. The second kappa shape index (κ2) is 6.17. The predicted molar refractivity (Wildman–Crippen MR) is 45.2 cm³/mol. The third-order valence-electron chi connectivity index (χ3n) is 1.43. The second-order valence-electron chi connectivity index (χ2n) is 2.41. The van der Waals surface area contributed by atoms with Crippen molar-refractivity contribution >= 4 is 0 Å². The van der Waals surface area contributed by atoms with Gasteiger partial charge in [-0.1, -0.05) is 6.58 Å². The van der Waals surface area contributed by atoms with Gasteiger partial charge in [-0.15, -0.1) is 5.73 Å². The minimum atomic E-state index is -0.636. The molecule has 0 rings (SSSR count). The van der Waals surface area contributed by atoms with Crippen LogP contribution >= 0.6 is 0 Å². The zero-order valence-corrected chi connectivity index (χ0v) is 7.26. The maximum Gasteiger partial charge on any atom is 0.154 e. The van der Waals surface area contributed by atoms with Gasteiger partial charge < -0.3 is 9.84 Å². The topological polar surface area (TPSA) is 29.5 Å². The summed E-state index contributed by atoms with van der Waals surface area (Å²) in [5.41, 5.74) is 3.82. The Morgan fingerprint density at radius 3 is 2.82 bits per heavy atom. The quantitative estimate of drug-likeness (QED) is 0.486. The lowest BCUT2D eigenvalue weighted by Gasteiger charge is -2.08. The van der Waals surface area contributed by atoms with Gasteiger partial charge in [0.05, 0.1) is 0 Å². The minimum absolute atomic E-state index is 0.554. The summed E-state index contributed by atoms with van der Waals surface area (Å²) in [6.07, 6.45) is 0.788. The number of rotatable bonds is 5. The summed E-state index contributed by atoms with van der Waals surface area (Å²) < 4.78 is 4.93. The van der Waals surface area contributed by atoms with Gasteiger partial charge in [0.1, 0.15) is 0 Å². The SMILES string of the molecule is C=C=C(C)CCC(O)OCC. The van der Waals surface area contributed by atoms with Gasteiger partial charge in [-0.3, -0.25) is 0 Å². The molecule has 1 unspecified atom stereocenters. The van der Waals surface area contributed by atoms with Crippen LogP contribution in [0.4, 0.5) is 0 Å². The van der Waals surface area contributed by atoms with Crippen LogP contribution in [0.15, 0.2) is 17.9 Å². The molecule has 0 aliphatic rings. The van der Waals surface area contributed by atoms with Crippen LogP contribution in [-0.4, -0.2) is 18.0 Å². The fourth-order valence-electron chi connectivity index (χ4n) is 0.704. The van der Waals surface area contributed by atoms with Crippen molar-refractivity contribution in [3.05, 3.63) is 17.9 Å². The van der Waals surface area contributed by atoms with Crippen molar-refractivity contribution in [2.24, 2.45) is 0 Å². The van der Waals surface area contributed by atoms with Crippen LogP contribution in [0, 0.1) is 0 Å². The fourth-order valence-corrected chi connectivity index (χ4v) is 0.704. The molecule has 0 aromatic heterocycles. The number of ether oxygens (including phenoxy) is 1. The van der Waals surface area contributed by atoms with Gasteiger partial charge in [0.25, 0.3) is 0 Å². The van der Waals surface area contributed by atoms with Crippen LogP contribution in [0.2, 0.25) is 0 Å². The van der Waals surface area contributed by atoms with Crippen LogP contribution in [0.5, 0.6) is 0 Å². The number of hydrogen-bond acceptors (Lipinski definition) is 2. The van der Waals surface area contributed by atoms with E-state index < -0.39 is 6.29 Å². The fraction of sp³-hybridized carbons (Fsp3) is 0.667. The van der Waals surface area contributed by atoms with Crippen molar-refractivity contribution < 1.29 is 9.84 Å². The Balaban J connectivity index is 3.45. The maximum atomic E-state index is 9.11. The molecule has 2 heteroatoms. The molecule has 2 nitrogen and oxygen atoms in total. The van der Waals surface area contributed by atoms with Gasteiger partial charge in [0, 0.05) is 13.0 Å². The zero-order valence-electron chi connectivity index (χ0n) is 7.26. The summed E-state index contributed by atoms with van der Waals surface area (Å²) in [4.78, 5) is 0. The number of allylic oxidation sites excluding steroid dienone is 1. The number of aliphatic hydroxyl groups excluding tert-OH is 1. The molecule has 0 saturated carbocycles. The largest absolute Gasteiger partial charge is 0.368 e. The molecule has 0 aromatic carbocycles. The molecule has 0 heterocycles. The molecule has 0 aliphatic carbocycles. The van der Waals surface area contributed by atoms with Crippen LogP contribution < -0.4 is 0 Å². The summed E-state index contributed by atoms with van der Waals surface area (Å²) in [7, 11) is 0. The molecule has 0 fully saturated rings. The van der Waals surface area contributed by atoms with Crippen LogP contribution in [0.25, 0.3) is 0 Å². The van der Waals surface area contributed by atoms with Crippen molar-refractivity contribution in [1.29, 1.82) is 0 Å². The normalized spacial score (nSPS) is 12.3. The van der Waals surface area contributed by atoms with Crippen LogP contribution in [0.3, 0.4) is 0 Å². The molecule has 0 saturated heterocycles. The third-order valence-corrected chi connectivity index (χ3v) is 1.43. The van der Waals surface area contributed by atoms with Gasteiger partial charge >= 0.3 is 0 Å². The summed E-state index contributed by atoms with van der Waals surface area (Å²) in [6.45, 7) is 7.85. The number of aliphatic hydroxyl groups is 1. The van der Waals surface area contributed by atoms with E-state index in [2.05, 4.69) is 12.3 Å². The summed E-state index contributed by atoms with van der Waals surface area (Å²) in [5.74, 6) is 0. The molecule has 0 aliphatic heterocycles. The first-order chi connectivity index (χ1) is 5.20. The Morgan fingerprint density at radius 2 is 2.36 bits per heavy atom. The van der Waals surface area contributed by atoms with Crippen molar-refractivity contribution in [2.45, 2.75) is 33.0 Å². The monoisotopic (exact) mass is 156 g/mol. The first-order valence-electron chi connectivity index (χ1n) is 3.86. The Hall–Kier alpha value is -0.560. The first-order valence-corrected chi connectivity index (χ1v) is 3.86. The van der Waals surface area contributed by atoms with Crippen molar-refractivity contribution in [3.63, 3.8) is 0 Å². The highest BCUT2D eigenvalue weighted by atomic mass is 16.6. The standard InChI is InChI=1S/C9H16O2/c1-4-8(3)6-7-9(10)11-5-2/h9-10H,1,5-7H2,2-3H3. The van der Waals surface area contributed by atoms with E-state index in [0.29, 0.717) is 13.0 Å². The Bertz CT molecular complexity index is 146. The lowest BCUT2D eigenvalue weighted by Crippen LogP contribution is -2.11. The third kappa shape index (κ3) is 5.86. The van der Waals surface area contributed by atoms with Crippen LogP contribution in [-0.2, 0) is 4.74 Å². The van der Waals surface area contributed by atoms with Gasteiger partial charge in [0.2, 0.25) is 0 Å². The lowest BCUT2D eigenvalue weighted by atomic mass is 10.2. The predicted octanol–water partition coefficient (Wildman–Crippen LogP) is 1.85. The van der Waals surface area contributed by atoms with Gasteiger partial charge in [-0.05, 0) is 25.8 Å². The Morgan fingerprint density at radius 1 is 1.73 bits per heavy atom. The molecule has 0 aromatic rings. The molecule has 11 heavy (non-hydrogen) atoms. The van der Waals surface area contributed by atoms with Gasteiger partial charge in [-0.25, -0.2) is 0 Å². The van der Waals surface area contributed by atoms with E-state index in [1.807, 2.05) is 13.8 Å². The van der Waals surface area contributed by atoms with Gasteiger partial charge in [0.15, 0.2) is 6.29 Å². The highest BCUT2D eigenvalue weighted by Gasteiger charge is 2.01. The summed E-state index contributed by atoms with van der Waals surface area (Å²) >= 11 is 0. The molecular weight excluding hydrogens is 140 g/mol. The van der Waals surface area contributed by atoms with E-state index in [1.54, 1.807) is 0 Å². The average molecular weight is 156 g/mol. The molecule has 64 valence electrons. The smallest absolute Gasteiger partial charge is 0.154 e. The van der Waals surface area contributed by atoms with E-state index in [9.17, 15) is 0 Å². The van der Waals surface area contributed by atoms with E-state index in [0.717, 1.165) is 12.0 Å². The van der Waals surface area contributed by atoms with Gasteiger partial charge in [-0.2, -0.15) is 0 Å². The van der Waals surface area contributed by atoms with Crippen molar-refractivity contribution in [3.8, 4) is 0 Å². The van der Waals surface area contributed by atoms with E-state index in [4.69, 9.17) is 9.84 Å².